The molecule has 0 bridgehead atoms. The first kappa shape index (κ1) is 38.8. The topological polar surface area (TPSA) is 70.2 Å². The third-order valence-electron chi connectivity index (χ3n) is 5.88. The smallest absolute Gasteiger partial charge is 0.211 e. The number of halogens is 4. The highest BCUT2D eigenvalue weighted by atomic mass is 35.5. The average molecular weight is 617 g/mol. The summed E-state index contributed by atoms with van der Waals surface area (Å²) in [5, 5.41) is 8.22. The van der Waals surface area contributed by atoms with E-state index in [-0.39, 0.29) is 21.9 Å². The van der Waals surface area contributed by atoms with E-state index < -0.39 is 11.6 Å². The van der Waals surface area contributed by atoms with E-state index in [0.29, 0.717) is 49.0 Å². The largest absolute Gasteiger partial charge is 0.359 e. The Morgan fingerprint density at radius 2 is 1.68 bits per heavy atom. The number of anilines is 1. The van der Waals surface area contributed by atoms with Crippen LogP contribution in [-0.2, 0) is 9.59 Å². The second-order valence-corrected chi connectivity index (χ2v) is 12.3. The molecule has 1 aromatic rings. The Kier molecular flexibility index (Phi) is 21.2. The fraction of sp³-hybridized carbons (Fsp3) is 0.562. The summed E-state index contributed by atoms with van der Waals surface area (Å²) in [5.41, 5.74) is 1.64. The number of carbonyl (C=O) groups excluding carboxylic acids is 2. The maximum absolute atomic E-state index is 13.9. The van der Waals surface area contributed by atoms with E-state index in [1.807, 2.05) is 6.92 Å². The molecule has 2 fully saturated rings. The van der Waals surface area contributed by atoms with Gasteiger partial charge in [-0.15, -0.1) is 0 Å². The van der Waals surface area contributed by atoms with Crippen molar-refractivity contribution in [3.63, 3.8) is 0 Å². The molecule has 1 aliphatic carbocycles. The van der Waals surface area contributed by atoms with Gasteiger partial charge in [-0.3, -0.25) is 9.59 Å². The van der Waals surface area contributed by atoms with E-state index in [9.17, 15) is 18.4 Å². The van der Waals surface area contributed by atoms with Crippen LogP contribution in [0.3, 0.4) is 0 Å². The van der Waals surface area contributed by atoms with Gasteiger partial charge >= 0.3 is 0 Å². The Hall–Kier alpha value is -2.22. The predicted molar refractivity (Wildman–Crippen MR) is 171 cm³/mol. The van der Waals surface area contributed by atoms with Crippen LogP contribution in [0.15, 0.2) is 47.8 Å². The van der Waals surface area contributed by atoms with Crippen molar-refractivity contribution in [2.45, 2.75) is 85.5 Å². The summed E-state index contributed by atoms with van der Waals surface area (Å²) < 4.78 is 27.5. The summed E-state index contributed by atoms with van der Waals surface area (Å²) in [6.07, 6.45) is 14.5. The Morgan fingerprint density at radius 3 is 2.15 bits per heavy atom. The molecule has 232 valence electrons. The van der Waals surface area contributed by atoms with Gasteiger partial charge in [0.25, 0.3) is 0 Å². The first-order valence-electron chi connectivity index (χ1n) is 14.3. The van der Waals surface area contributed by atoms with Crippen molar-refractivity contribution in [1.82, 2.24) is 10.6 Å². The molecule has 1 heterocycles. The summed E-state index contributed by atoms with van der Waals surface area (Å²) in [6, 6.07) is 2.75. The van der Waals surface area contributed by atoms with Crippen molar-refractivity contribution in [3.8, 4) is 0 Å². The molecule has 0 aromatic heterocycles. The van der Waals surface area contributed by atoms with Crippen LogP contribution in [0.1, 0.15) is 91.0 Å². The minimum Gasteiger partial charge on any atom is -0.359 e. The lowest BCUT2D eigenvalue weighted by Crippen LogP contribution is -2.13. The molecule has 1 saturated carbocycles. The monoisotopic (exact) mass is 615 g/mol. The van der Waals surface area contributed by atoms with E-state index >= 15 is 0 Å². The summed E-state index contributed by atoms with van der Waals surface area (Å²) in [4.78, 5) is 20.3. The number of rotatable bonds is 10. The lowest BCUT2D eigenvalue weighted by molar-refractivity contribution is -0.109. The van der Waals surface area contributed by atoms with E-state index in [1.54, 1.807) is 6.08 Å². The molecule has 3 N–H and O–H groups in total. The second kappa shape index (κ2) is 22.4. The number of carbonyl (C=O) groups is 2. The van der Waals surface area contributed by atoms with Crippen LogP contribution in [0.25, 0.3) is 0 Å². The molecule has 2 amide bonds. The van der Waals surface area contributed by atoms with E-state index in [1.165, 1.54) is 56.4 Å². The van der Waals surface area contributed by atoms with Crippen molar-refractivity contribution < 1.29 is 18.4 Å². The lowest BCUT2D eigenvalue weighted by Gasteiger charge is -2.21. The molecular weight excluding hydrogens is 567 g/mol. The predicted octanol–water partition coefficient (Wildman–Crippen LogP) is 9.05. The molecule has 1 saturated heterocycles. The molecular formula is C32H49Cl2F2N3O2. The first-order valence-corrected chi connectivity index (χ1v) is 15.1. The van der Waals surface area contributed by atoms with E-state index in [4.69, 9.17) is 23.2 Å². The fourth-order valence-electron chi connectivity index (χ4n) is 4.01. The van der Waals surface area contributed by atoms with Gasteiger partial charge in [-0.1, -0.05) is 103 Å². The maximum atomic E-state index is 13.9. The number of amides is 2. The van der Waals surface area contributed by atoms with Gasteiger partial charge < -0.3 is 16.0 Å². The Balaban J connectivity index is 0.000000807. The molecule has 41 heavy (non-hydrogen) atoms. The number of benzene rings is 1. The molecule has 3 rings (SSSR count). The van der Waals surface area contributed by atoms with Gasteiger partial charge in [0.15, 0.2) is 0 Å². The quantitative estimate of drug-likeness (QED) is 0.140. The van der Waals surface area contributed by atoms with Crippen molar-refractivity contribution in [2.24, 2.45) is 11.3 Å². The minimum absolute atomic E-state index is 0.0409. The normalized spacial score (nSPS) is 18.5. The second-order valence-electron chi connectivity index (χ2n) is 11.5. The Labute approximate surface area is 256 Å². The summed E-state index contributed by atoms with van der Waals surface area (Å²) in [5.74, 6) is -1.03. The standard InChI is InChI=1S/C18H18Cl2F2N2O.C5H10.C5H12.C4H9NO/c1-2-14(19)16(21)5-3-4-11-8-23-9-13(11)12-6-17(22)15(20)7-18(12)24-10-25;1-2-4-5-3-1;1-5(2,3)4;1-2-3-5-4-6/h2-3,5-7,10-11,13,23H,1,4,8-9H2,(H,24,25);1-5H2;1-4H3;4H,2-3H2,1H3,(H,5,6)/b5-3-,16-14-;;;/t11-,13+;;;/m0.../s1. The molecule has 0 unspecified atom stereocenters. The van der Waals surface area contributed by atoms with Crippen LogP contribution in [0.2, 0.25) is 5.02 Å². The Bertz CT molecular complexity index is 961. The third-order valence-corrected chi connectivity index (χ3v) is 6.51. The van der Waals surface area contributed by atoms with Crippen LogP contribution in [0.4, 0.5) is 14.5 Å². The molecule has 1 aliphatic heterocycles. The van der Waals surface area contributed by atoms with Crippen molar-refractivity contribution in [1.29, 1.82) is 0 Å². The van der Waals surface area contributed by atoms with Crippen LogP contribution >= 0.6 is 23.2 Å². The third kappa shape index (κ3) is 18.8. The van der Waals surface area contributed by atoms with Gasteiger partial charge in [-0.05, 0) is 60.6 Å². The molecule has 9 heteroatoms. The van der Waals surface area contributed by atoms with Crippen LogP contribution < -0.4 is 16.0 Å². The van der Waals surface area contributed by atoms with Gasteiger partial charge in [0.1, 0.15) is 11.6 Å². The number of hydrogen-bond acceptors (Lipinski definition) is 3. The highest BCUT2D eigenvalue weighted by molar-refractivity contribution is 6.31. The maximum Gasteiger partial charge on any atom is 0.211 e. The zero-order chi connectivity index (χ0) is 31.3. The highest BCUT2D eigenvalue weighted by Gasteiger charge is 2.30. The highest BCUT2D eigenvalue weighted by Crippen LogP contribution is 2.37. The fourth-order valence-corrected chi connectivity index (χ4v) is 4.24. The van der Waals surface area contributed by atoms with Crippen molar-refractivity contribution in [3.05, 3.63) is 64.2 Å². The average Bonchev–Trinajstić information content (AvgIpc) is 3.64. The minimum atomic E-state index is -0.556. The van der Waals surface area contributed by atoms with Gasteiger partial charge in [0, 0.05) is 24.7 Å². The van der Waals surface area contributed by atoms with Gasteiger partial charge in [-0.25, -0.2) is 8.78 Å². The Morgan fingerprint density at radius 1 is 1.10 bits per heavy atom. The van der Waals surface area contributed by atoms with E-state index in [0.717, 1.165) is 13.0 Å². The number of allylic oxidation sites excluding steroid dienone is 5. The van der Waals surface area contributed by atoms with Gasteiger partial charge in [0.2, 0.25) is 12.8 Å². The molecule has 2 atom stereocenters. The summed E-state index contributed by atoms with van der Waals surface area (Å²) >= 11 is 11.5. The summed E-state index contributed by atoms with van der Waals surface area (Å²) in [6.45, 7) is 16.3. The lowest BCUT2D eigenvalue weighted by atomic mass is 9.85. The van der Waals surface area contributed by atoms with Crippen molar-refractivity contribution >= 4 is 41.7 Å². The summed E-state index contributed by atoms with van der Waals surface area (Å²) in [7, 11) is 0. The van der Waals surface area contributed by atoms with E-state index in [2.05, 4.69) is 50.2 Å². The zero-order valence-corrected chi connectivity index (χ0v) is 26.8. The van der Waals surface area contributed by atoms with Gasteiger partial charge in [-0.2, -0.15) is 0 Å². The molecule has 1 aromatic carbocycles. The molecule has 0 spiro atoms. The number of hydrogen-bond donors (Lipinski definition) is 3. The first-order chi connectivity index (χ1) is 19.4. The van der Waals surface area contributed by atoms with Crippen LogP contribution in [0, 0.1) is 17.2 Å². The molecule has 5 nitrogen and oxygen atoms in total. The zero-order valence-electron chi connectivity index (χ0n) is 25.3. The van der Waals surface area contributed by atoms with Crippen LogP contribution in [0.5, 0.6) is 0 Å². The van der Waals surface area contributed by atoms with Crippen molar-refractivity contribution in [2.75, 3.05) is 25.0 Å². The SMILES string of the molecule is C1CCCC1.C=C/C(Cl)=C(F)\C=C/C[C@H]1CNC[C@H]1c1cc(F)c(Cl)cc1NC=O.CC(C)(C)C.CCCNC=O. The molecule has 2 aliphatic rings. The van der Waals surface area contributed by atoms with Crippen LogP contribution in [-0.4, -0.2) is 32.5 Å². The molecule has 0 radical (unpaired) electrons. The number of nitrogens with one attached hydrogen (secondary N) is 3. The van der Waals surface area contributed by atoms with Gasteiger partial charge in [0.05, 0.1) is 10.1 Å².